The summed E-state index contributed by atoms with van der Waals surface area (Å²) >= 11 is 1.56. The van der Waals surface area contributed by atoms with Crippen molar-refractivity contribution in [2.45, 2.75) is 38.8 Å². The highest BCUT2D eigenvalue weighted by Gasteiger charge is 2.32. The third-order valence-corrected chi connectivity index (χ3v) is 4.94. The number of nitrogens with one attached hydrogen (secondary N) is 1. The lowest BCUT2D eigenvalue weighted by molar-refractivity contribution is -0.132. The summed E-state index contributed by atoms with van der Waals surface area (Å²) in [4.78, 5) is 26.8. The number of nitrogens with zero attached hydrogens (tertiary/aromatic N) is 1. The molecule has 3 unspecified atom stereocenters. The van der Waals surface area contributed by atoms with Crippen molar-refractivity contribution in [2.24, 2.45) is 11.7 Å². The Labute approximate surface area is 129 Å². The van der Waals surface area contributed by atoms with Gasteiger partial charge in [0, 0.05) is 24.4 Å². The van der Waals surface area contributed by atoms with Crippen LogP contribution in [0.5, 0.6) is 0 Å². The van der Waals surface area contributed by atoms with Gasteiger partial charge in [-0.05, 0) is 37.3 Å². The molecule has 1 aliphatic heterocycles. The molecule has 1 fully saturated rings. The molecule has 0 saturated carbocycles. The van der Waals surface area contributed by atoms with Crippen molar-refractivity contribution in [1.82, 2.24) is 10.2 Å². The van der Waals surface area contributed by atoms with Crippen LogP contribution in [0.4, 0.5) is 0 Å². The number of nitrogens with two attached hydrogens (primary N) is 1. The first kappa shape index (κ1) is 16.0. The minimum absolute atomic E-state index is 0.0885. The van der Waals surface area contributed by atoms with Gasteiger partial charge in [0.25, 0.3) is 0 Å². The van der Waals surface area contributed by atoms with Gasteiger partial charge in [0.15, 0.2) is 0 Å². The first-order valence-corrected chi connectivity index (χ1v) is 8.19. The number of thiophene rings is 1. The Morgan fingerprint density at radius 2 is 2.33 bits per heavy atom. The SMILES string of the molecule is CC(=O)NC(CC(=O)N1CC(CN)CC1C)c1cccs1. The number of rotatable bonds is 5. The zero-order valence-corrected chi connectivity index (χ0v) is 13.4. The molecule has 116 valence electrons. The molecule has 0 aliphatic carbocycles. The van der Waals surface area contributed by atoms with Crippen molar-refractivity contribution in [3.63, 3.8) is 0 Å². The summed E-state index contributed by atoms with van der Waals surface area (Å²) in [6, 6.07) is 3.88. The summed E-state index contributed by atoms with van der Waals surface area (Å²) in [5.74, 6) is 0.367. The molecule has 1 aromatic rings. The number of amides is 2. The average Bonchev–Trinajstić information content (AvgIpc) is 3.06. The molecule has 0 radical (unpaired) electrons. The molecule has 1 aliphatic rings. The van der Waals surface area contributed by atoms with Crippen LogP contribution in [0.15, 0.2) is 17.5 Å². The van der Waals surface area contributed by atoms with Gasteiger partial charge < -0.3 is 16.0 Å². The Balaban J connectivity index is 2.03. The second-order valence-corrected chi connectivity index (χ2v) is 6.68. The normalized spacial score (nSPS) is 23.1. The van der Waals surface area contributed by atoms with Crippen molar-refractivity contribution < 1.29 is 9.59 Å². The molecule has 1 saturated heterocycles. The van der Waals surface area contributed by atoms with Gasteiger partial charge in [-0.1, -0.05) is 6.07 Å². The highest BCUT2D eigenvalue weighted by Crippen LogP contribution is 2.27. The molecule has 3 N–H and O–H groups in total. The fourth-order valence-electron chi connectivity index (χ4n) is 2.91. The van der Waals surface area contributed by atoms with E-state index in [0.717, 1.165) is 17.8 Å². The number of hydrogen-bond donors (Lipinski definition) is 2. The predicted molar refractivity (Wildman–Crippen MR) is 83.8 cm³/mol. The Morgan fingerprint density at radius 1 is 1.57 bits per heavy atom. The lowest BCUT2D eigenvalue weighted by atomic mass is 10.1. The summed E-state index contributed by atoms with van der Waals surface area (Å²) < 4.78 is 0. The van der Waals surface area contributed by atoms with Gasteiger partial charge >= 0.3 is 0 Å². The van der Waals surface area contributed by atoms with E-state index in [1.807, 2.05) is 22.4 Å². The van der Waals surface area contributed by atoms with Crippen LogP contribution in [-0.2, 0) is 9.59 Å². The molecule has 2 heterocycles. The van der Waals surface area contributed by atoms with Gasteiger partial charge in [-0.2, -0.15) is 0 Å². The maximum absolute atomic E-state index is 12.5. The van der Waals surface area contributed by atoms with Crippen LogP contribution in [0.25, 0.3) is 0 Å². The topological polar surface area (TPSA) is 75.4 Å². The van der Waals surface area contributed by atoms with Gasteiger partial charge in [-0.25, -0.2) is 0 Å². The van der Waals surface area contributed by atoms with E-state index in [9.17, 15) is 9.59 Å². The molecule has 2 amide bonds. The first-order chi connectivity index (χ1) is 10.0. The number of carbonyl (C=O) groups is 2. The maximum Gasteiger partial charge on any atom is 0.225 e. The number of carbonyl (C=O) groups excluding carboxylic acids is 2. The summed E-state index contributed by atoms with van der Waals surface area (Å²) in [5.41, 5.74) is 5.71. The Kier molecular flexibility index (Phi) is 5.36. The molecule has 21 heavy (non-hydrogen) atoms. The van der Waals surface area contributed by atoms with E-state index in [1.54, 1.807) is 11.3 Å². The second kappa shape index (κ2) is 7.04. The zero-order valence-electron chi connectivity index (χ0n) is 12.5. The van der Waals surface area contributed by atoms with E-state index >= 15 is 0 Å². The predicted octanol–water partition coefficient (Wildman–Crippen LogP) is 1.51. The minimum Gasteiger partial charge on any atom is -0.348 e. The number of likely N-dealkylation sites (tertiary alicyclic amines) is 1. The third-order valence-electron chi connectivity index (χ3n) is 3.96. The molecule has 5 nitrogen and oxygen atoms in total. The van der Waals surface area contributed by atoms with Crippen molar-refractivity contribution in [2.75, 3.05) is 13.1 Å². The summed E-state index contributed by atoms with van der Waals surface area (Å²) in [6.07, 6.45) is 1.27. The lowest BCUT2D eigenvalue weighted by Crippen LogP contribution is -2.37. The minimum atomic E-state index is -0.237. The third kappa shape index (κ3) is 4.04. The maximum atomic E-state index is 12.5. The fraction of sp³-hybridized carbons (Fsp3) is 0.600. The zero-order chi connectivity index (χ0) is 15.4. The van der Waals surface area contributed by atoms with Crippen LogP contribution >= 0.6 is 11.3 Å². The largest absolute Gasteiger partial charge is 0.348 e. The molecular formula is C15H23N3O2S. The van der Waals surface area contributed by atoms with Crippen molar-refractivity contribution in [1.29, 1.82) is 0 Å². The quantitative estimate of drug-likeness (QED) is 0.866. The highest BCUT2D eigenvalue weighted by atomic mass is 32.1. The van der Waals surface area contributed by atoms with E-state index in [1.165, 1.54) is 6.92 Å². The van der Waals surface area contributed by atoms with Crippen LogP contribution in [0.1, 0.15) is 37.6 Å². The van der Waals surface area contributed by atoms with Crippen molar-refractivity contribution in [3.8, 4) is 0 Å². The van der Waals surface area contributed by atoms with Gasteiger partial charge in [0.2, 0.25) is 11.8 Å². The van der Waals surface area contributed by atoms with Crippen LogP contribution in [0.2, 0.25) is 0 Å². The molecule has 2 rings (SSSR count). The monoisotopic (exact) mass is 309 g/mol. The fourth-order valence-corrected chi connectivity index (χ4v) is 3.69. The molecule has 6 heteroatoms. The molecule has 0 aromatic carbocycles. The van der Waals surface area contributed by atoms with E-state index in [-0.39, 0.29) is 23.9 Å². The van der Waals surface area contributed by atoms with Gasteiger partial charge in [-0.3, -0.25) is 9.59 Å². The summed E-state index contributed by atoms with van der Waals surface area (Å²) in [6.45, 7) is 4.89. The molecule has 3 atom stereocenters. The second-order valence-electron chi connectivity index (χ2n) is 5.71. The van der Waals surface area contributed by atoms with Gasteiger partial charge in [0.1, 0.15) is 0 Å². The smallest absolute Gasteiger partial charge is 0.225 e. The lowest BCUT2D eigenvalue weighted by Gasteiger charge is -2.24. The van der Waals surface area contributed by atoms with Gasteiger partial charge in [-0.15, -0.1) is 11.3 Å². The van der Waals surface area contributed by atoms with E-state index in [2.05, 4.69) is 12.2 Å². The summed E-state index contributed by atoms with van der Waals surface area (Å²) in [5, 5.41) is 4.83. The van der Waals surface area contributed by atoms with Crippen molar-refractivity contribution in [3.05, 3.63) is 22.4 Å². The molecule has 0 bridgehead atoms. The average molecular weight is 309 g/mol. The molecule has 1 aromatic heterocycles. The molecule has 0 spiro atoms. The van der Waals surface area contributed by atoms with Crippen LogP contribution in [0, 0.1) is 5.92 Å². The van der Waals surface area contributed by atoms with Crippen molar-refractivity contribution >= 4 is 23.2 Å². The summed E-state index contributed by atoms with van der Waals surface area (Å²) in [7, 11) is 0. The Morgan fingerprint density at radius 3 is 2.86 bits per heavy atom. The van der Waals surface area contributed by atoms with Gasteiger partial charge in [0.05, 0.1) is 12.5 Å². The highest BCUT2D eigenvalue weighted by molar-refractivity contribution is 7.10. The Bertz CT molecular complexity index is 489. The van der Waals surface area contributed by atoms with E-state index in [0.29, 0.717) is 18.9 Å². The molecular weight excluding hydrogens is 286 g/mol. The first-order valence-electron chi connectivity index (χ1n) is 7.31. The standard InChI is InChI=1S/C15H23N3O2S/c1-10-6-12(8-16)9-18(10)15(20)7-13(17-11(2)19)14-4-3-5-21-14/h3-5,10,12-13H,6-9,16H2,1-2H3,(H,17,19). The van der Waals surface area contributed by atoms with Crippen LogP contribution in [-0.4, -0.2) is 35.8 Å². The van der Waals surface area contributed by atoms with Crippen LogP contribution < -0.4 is 11.1 Å². The van der Waals surface area contributed by atoms with E-state index < -0.39 is 0 Å². The number of hydrogen-bond acceptors (Lipinski definition) is 4. The Hall–Kier alpha value is -1.40. The van der Waals surface area contributed by atoms with Crippen LogP contribution in [0.3, 0.4) is 0 Å². The van der Waals surface area contributed by atoms with E-state index in [4.69, 9.17) is 5.73 Å².